The molecule has 0 aromatic heterocycles. The van der Waals surface area contributed by atoms with Crippen molar-refractivity contribution in [1.29, 1.82) is 0 Å². The molecule has 0 spiro atoms. The predicted molar refractivity (Wildman–Crippen MR) is 59.7 cm³/mol. The van der Waals surface area contributed by atoms with Crippen molar-refractivity contribution in [3.63, 3.8) is 0 Å². The number of aliphatic imine (C=N–C) groups is 1. The first-order valence-electron chi connectivity index (χ1n) is 5.07. The lowest BCUT2D eigenvalue weighted by Crippen LogP contribution is -2.41. The molecule has 2 rings (SSSR count). The number of nitrogens with one attached hydrogen (secondary N) is 1. The molecule has 1 aliphatic heterocycles. The molecule has 1 unspecified atom stereocenters. The number of hydrogen-bond acceptors (Lipinski definition) is 4. The quantitative estimate of drug-likeness (QED) is 0.738. The monoisotopic (exact) mass is 242 g/mol. The molecule has 3 N–H and O–H groups in total. The van der Waals surface area contributed by atoms with Gasteiger partial charge in [-0.15, -0.1) is 0 Å². The minimum absolute atomic E-state index is 0.161. The number of fused-ring (bicyclic) bond motifs is 1. The first kappa shape index (κ1) is 11.9. The Kier molecular flexibility index (Phi) is 2.84. The maximum absolute atomic E-state index is 13.1. The van der Waals surface area contributed by atoms with Gasteiger partial charge in [0.05, 0.1) is 18.0 Å². The van der Waals surface area contributed by atoms with E-state index < -0.39 is 17.9 Å². The molecule has 4 nitrogen and oxygen atoms in total. The molecular weight excluding hydrogens is 230 g/mol. The molecule has 0 fully saturated rings. The Balaban J connectivity index is 2.45. The first-order chi connectivity index (χ1) is 7.91. The van der Waals surface area contributed by atoms with E-state index in [0.717, 1.165) is 0 Å². The van der Waals surface area contributed by atoms with Gasteiger partial charge < -0.3 is 15.5 Å². The molecule has 92 valence electrons. The van der Waals surface area contributed by atoms with E-state index in [9.17, 15) is 13.9 Å². The van der Waals surface area contributed by atoms with Crippen LogP contribution in [-0.4, -0.2) is 28.1 Å². The second-order valence-corrected chi connectivity index (χ2v) is 3.94. The molecular formula is C11H12F2N2O2. The number of alkyl halides is 2. The Bertz CT molecular complexity index is 469. The van der Waals surface area contributed by atoms with E-state index in [1.54, 1.807) is 12.1 Å². The molecule has 0 saturated heterocycles. The number of benzene rings is 1. The van der Waals surface area contributed by atoms with E-state index in [2.05, 4.69) is 10.3 Å². The van der Waals surface area contributed by atoms with Crippen LogP contribution in [0.1, 0.15) is 12.5 Å². The van der Waals surface area contributed by atoms with Crippen LogP contribution in [0.25, 0.3) is 0 Å². The first-order valence-corrected chi connectivity index (χ1v) is 5.07. The third-order valence-electron chi connectivity index (χ3n) is 2.49. The van der Waals surface area contributed by atoms with Gasteiger partial charge in [0.15, 0.2) is 6.23 Å². The second kappa shape index (κ2) is 4.05. The van der Waals surface area contributed by atoms with Crippen molar-refractivity contribution in [3.05, 3.63) is 23.8 Å². The summed E-state index contributed by atoms with van der Waals surface area (Å²) in [5.74, 6) is -3.18. The fraction of sp³-hybridized carbons (Fsp3) is 0.364. The normalized spacial score (nSPS) is 19.4. The lowest BCUT2D eigenvalue weighted by molar-refractivity contribution is 0.0857. The maximum atomic E-state index is 13.1. The summed E-state index contributed by atoms with van der Waals surface area (Å²) < 4.78 is 26.3. The van der Waals surface area contributed by atoms with Crippen molar-refractivity contribution in [2.24, 2.45) is 4.99 Å². The van der Waals surface area contributed by atoms with Gasteiger partial charge >= 0.3 is 0 Å². The summed E-state index contributed by atoms with van der Waals surface area (Å²) in [7, 11) is 0. The minimum Gasteiger partial charge on any atom is -0.392 e. The van der Waals surface area contributed by atoms with Crippen LogP contribution in [0.4, 0.5) is 20.2 Å². The number of halogens is 2. The Morgan fingerprint density at radius 1 is 1.47 bits per heavy atom. The fourth-order valence-corrected chi connectivity index (χ4v) is 1.64. The number of anilines is 1. The van der Waals surface area contributed by atoms with E-state index in [1.165, 1.54) is 6.07 Å². The fourth-order valence-electron chi connectivity index (χ4n) is 1.64. The molecule has 17 heavy (non-hydrogen) atoms. The van der Waals surface area contributed by atoms with E-state index in [1.807, 2.05) is 0 Å². The van der Waals surface area contributed by atoms with Gasteiger partial charge in [-0.05, 0) is 17.7 Å². The van der Waals surface area contributed by atoms with Gasteiger partial charge in [-0.2, -0.15) is 0 Å². The van der Waals surface area contributed by atoms with Crippen LogP contribution < -0.4 is 5.32 Å². The van der Waals surface area contributed by atoms with Gasteiger partial charge in [0, 0.05) is 6.92 Å². The lowest BCUT2D eigenvalue weighted by atomic mass is 10.1. The zero-order valence-corrected chi connectivity index (χ0v) is 9.11. The highest BCUT2D eigenvalue weighted by Crippen LogP contribution is 2.33. The number of aliphatic hydroxyl groups is 2. The summed E-state index contributed by atoms with van der Waals surface area (Å²) in [5.41, 5.74) is 0.758. The Hall–Kier alpha value is -1.53. The average Bonchev–Trinajstić information content (AvgIpc) is 2.25. The summed E-state index contributed by atoms with van der Waals surface area (Å²) in [5, 5.41) is 21.0. The van der Waals surface area contributed by atoms with Crippen molar-refractivity contribution in [3.8, 4) is 0 Å². The number of hydrogen-bond donors (Lipinski definition) is 3. The Labute approximate surface area is 96.6 Å². The third kappa shape index (κ3) is 2.27. The van der Waals surface area contributed by atoms with Crippen molar-refractivity contribution < 1.29 is 19.0 Å². The molecule has 0 amide bonds. The van der Waals surface area contributed by atoms with Crippen LogP contribution in [0.3, 0.4) is 0 Å². The van der Waals surface area contributed by atoms with Crippen LogP contribution >= 0.6 is 0 Å². The van der Waals surface area contributed by atoms with Crippen LogP contribution in [0.5, 0.6) is 0 Å². The van der Waals surface area contributed by atoms with Crippen molar-refractivity contribution in [2.45, 2.75) is 25.7 Å². The Morgan fingerprint density at radius 3 is 2.76 bits per heavy atom. The van der Waals surface area contributed by atoms with Crippen molar-refractivity contribution in [1.82, 2.24) is 0 Å². The van der Waals surface area contributed by atoms with Crippen molar-refractivity contribution >= 4 is 17.1 Å². The van der Waals surface area contributed by atoms with Crippen LogP contribution in [0, 0.1) is 0 Å². The molecule has 0 aliphatic carbocycles. The SMILES string of the molecule is CC(F)(F)C1=Nc2ccc(CO)cc2NC1O. The van der Waals surface area contributed by atoms with Gasteiger partial charge in [-0.25, -0.2) is 13.8 Å². The zero-order valence-electron chi connectivity index (χ0n) is 9.11. The topological polar surface area (TPSA) is 64.9 Å². The predicted octanol–water partition coefficient (Wildman–Crippen LogP) is 1.65. The Morgan fingerprint density at radius 2 is 2.18 bits per heavy atom. The molecule has 1 heterocycles. The van der Waals surface area contributed by atoms with E-state index in [-0.39, 0.29) is 6.61 Å². The summed E-state index contributed by atoms with van der Waals surface area (Å²) in [6.07, 6.45) is -1.52. The van der Waals surface area contributed by atoms with Gasteiger partial charge in [0.25, 0.3) is 5.92 Å². The summed E-state index contributed by atoms with van der Waals surface area (Å²) in [4.78, 5) is 3.75. The molecule has 0 bridgehead atoms. The van der Waals surface area contributed by atoms with E-state index >= 15 is 0 Å². The van der Waals surface area contributed by atoms with Gasteiger partial charge in [0.1, 0.15) is 5.71 Å². The second-order valence-electron chi connectivity index (χ2n) is 3.94. The number of nitrogens with zero attached hydrogens (tertiary/aromatic N) is 1. The molecule has 0 radical (unpaired) electrons. The summed E-state index contributed by atoms with van der Waals surface area (Å²) in [6.45, 7) is 0.523. The standard InChI is InChI=1S/C11H12F2N2O2/c1-11(12,13)9-10(17)15-8-4-6(5-16)2-3-7(8)14-9/h2-4,10,15-17H,5H2,1H3. The largest absolute Gasteiger partial charge is 0.392 e. The molecule has 6 heteroatoms. The van der Waals surface area contributed by atoms with Gasteiger partial charge in [-0.3, -0.25) is 0 Å². The van der Waals surface area contributed by atoms with Crippen molar-refractivity contribution in [2.75, 3.05) is 5.32 Å². The third-order valence-corrected chi connectivity index (χ3v) is 2.49. The minimum atomic E-state index is -3.18. The number of rotatable bonds is 2. The maximum Gasteiger partial charge on any atom is 0.287 e. The van der Waals surface area contributed by atoms with E-state index in [0.29, 0.717) is 23.9 Å². The lowest BCUT2D eigenvalue weighted by Gasteiger charge is -2.26. The van der Waals surface area contributed by atoms with Crippen LogP contribution in [0.15, 0.2) is 23.2 Å². The molecule has 0 saturated carbocycles. The van der Waals surface area contributed by atoms with Gasteiger partial charge in [0.2, 0.25) is 0 Å². The number of aliphatic hydroxyl groups excluding tert-OH is 2. The van der Waals surface area contributed by atoms with Crippen LogP contribution in [0.2, 0.25) is 0 Å². The highest BCUT2D eigenvalue weighted by Gasteiger charge is 2.37. The smallest absolute Gasteiger partial charge is 0.287 e. The molecule has 1 atom stereocenters. The molecule has 1 aromatic carbocycles. The highest BCUT2D eigenvalue weighted by atomic mass is 19.3. The summed E-state index contributed by atoms with van der Waals surface area (Å²) in [6, 6.07) is 4.67. The molecule has 1 aliphatic rings. The average molecular weight is 242 g/mol. The molecule has 1 aromatic rings. The van der Waals surface area contributed by atoms with Gasteiger partial charge in [-0.1, -0.05) is 6.07 Å². The summed E-state index contributed by atoms with van der Waals surface area (Å²) >= 11 is 0. The highest BCUT2D eigenvalue weighted by molar-refractivity contribution is 6.01. The van der Waals surface area contributed by atoms with Crippen LogP contribution in [-0.2, 0) is 6.61 Å². The van der Waals surface area contributed by atoms with E-state index in [4.69, 9.17) is 5.11 Å². The zero-order chi connectivity index (χ0) is 12.6.